The van der Waals surface area contributed by atoms with Crippen LogP contribution in [-0.4, -0.2) is 12.2 Å². The number of halogens is 3. The summed E-state index contributed by atoms with van der Waals surface area (Å²) in [6.07, 6.45) is 0. The van der Waals surface area contributed by atoms with Crippen LogP contribution in [0.5, 0.6) is 11.5 Å². The van der Waals surface area contributed by atoms with Crippen LogP contribution in [0.2, 0.25) is 0 Å². The molecule has 0 aliphatic rings. The molecule has 0 fully saturated rings. The van der Waals surface area contributed by atoms with E-state index >= 15 is 0 Å². The highest BCUT2D eigenvalue weighted by Gasteiger charge is 2.11. The lowest BCUT2D eigenvalue weighted by atomic mass is 10.1. The number of methoxy groups -OCH3 is 1. The summed E-state index contributed by atoms with van der Waals surface area (Å²) in [5.74, 6) is 1.45. The second-order valence-electron chi connectivity index (χ2n) is 4.29. The van der Waals surface area contributed by atoms with Crippen molar-refractivity contribution in [3.8, 4) is 11.5 Å². The molecule has 0 atom stereocenters. The van der Waals surface area contributed by atoms with Crippen molar-refractivity contribution >= 4 is 47.8 Å². The van der Waals surface area contributed by atoms with Gasteiger partial charge < -0.3 is 14.6 Å². The molecule has 2 aromatic rings. The molecule has 0 radical (unpaired) electrons. The lowest BCUT2D eigenvalue weighted by Crippen LogP contribution is -2.01. The Kier molecular flexibility index (Phi) is 6.10. The zero-order chi connectivity index (χ0) is 15.4. The minimum atomic E-state index is -0.0112. The summed E-state index contributed by atoms with van der Waals surface area (Å²) >= 11 is 10.4. The molecule has 2 aromatic carbocycles. The Balaban J connectivity index is 2.24. The summed E-state index contributed by atoms with van der Waals surface area (Å²) in [5, 5.41) is 9.23. The van der Waals surface area contributed by atoms with E-state index in [1.165, 1.54) is 0 Å². The molecule has 21 heavy (non-hydrogen) atoms. The van der Waals surface area contributed by atoms with E-state index in [1.54, 1.807) is 7.11 Å². The molecule has 3 nitrogen and oxygen atoms in total. The van der Waals surface area contributed by atoms with Crippen molar-refractivity contribution < 1.29 is 14.6 Å². The van der Waals surface area contributed by atoms with Gasteiger partial charge in [-0.2, -0.15) is 0 Å². The summed E-state index contributed by atoms with van der Waals surface area (Å²) < 4.78 is 13.8. The molecule has 0 aromatic heterocycles. The van der Waals surface area contributed by atoms with Crippen LogP contribution in [-0.2, 0) is 13.2 Å². The van der Waals surface area contributed by atoms with Gasteiger partial charge in [0.15, 0.2) is 0 Å². The third kappa shape index (κ3) is 4.22. The Hall–Kier alpha value is -0.560. The second kappa shape index (κ2) is 7.63. The van der Waals surface area contributed by atoms with Gasteiger partial charge in [0, 0.05) is 10.0 Å². The monoisotopic (exact) mass is 478 g/mol. The quantitative estimate of drug-likeness (QED) is 0.650. The van der Waals surface area contributed by atoms with Gasteiger partial charge in [-0.3, -0.25) is 0 Å². The Labute approximate surface area is 148 Å². The van der Waals surface area contributed by atoms with Crippen molar-refractivity contribution in [1.82, 2.24) is 0 Å². The van der Waals surface area contributed by atoms with Crippen LogP contribution >= 0.6 is 47.8 Å². The van der Waals surface area contributed by atoms with Crippen molar-refractivity contribution in [2.24, 2.45) is 0 Å². The molecule has 2 rings (SSSR count). The van der Waals surface area contributed by atoms with Crippen LogP contribution in [0.1, 0.15) is 11.1 Å². The number of benzene rings is 2. The first-order chi connectivity index (χ1) is 10.0. The molecule has 0 unspecified atom stereocenters. The van der Waals surface area contributed by atoms with Crippen LogP contribution in [0.15, 0.2) is 43.7 Å². The number of hydrogen-bond donors (Lipinski definition) is 1. The maximum absolute atomic E-state index is 9.23. The Morgan fingerprint density at radius 3 is 2.29 bits per heavy atom. The summed E-state index contributed by atoms with van der Waals surface area (Å²) in [5.41, 5.74) is 1.70. The fourth-order valence-electron chi connectivity index (χ4n) is 1.86. The Morgan fingerprint density at radius 1 is 1.05 bits per heavy atom. The normalized spacial score (nSPS) is 10.5. The molecule has 0 aliphatic carbocycles. The van der Waals surface area contributed by atoms with Crippen LogP contribution in [0, 0.1) is 0 Å². The second-order valence-corrected chi connectivity index (χ2v) is 6.92. The molecule has 0 bridgehead atoms. The molecular weight excluding hydrogens is 468 g/mol. The zero-order valence-electron chi connectivity index (χ0n) is 11.2. The van der Waals surface area contributed by atoms with E-state index in [2.05, 4.69) is 47.8 Å². The van der Waals surface area contributed by atoms with Crippen molar-refractivity contribution in [2.45, 2.75) is 13.2 Å². The van der Waals surface area contributed by atoms with Gasteiger partial charge in [0.25, 0.3) is 0 Å². The molecular formula is C15H13Br3O3. The molecule has 0 saturated heterocycles. The maximum Gasteiger partial charge on any atom is 0.148 e. The van der Waals surface area contributed by atoms with Crippen molar-refractivity contribution in [3.63, 3.8) is 0 Å². The third-order valence-electron chi connectivity index (χ3n) is 2.86. The highest BCUT2D eigenvalue weighted by atomic mass is 79.9. The first kappa shape index (κ1) is 16.8. The SMILES string of the molecule is COc1ccc(CO)cc1COc1c(Br)cc(Br)cc1Br. The van der Waals surface area contributed by atoms with Crippen LogP contribution in [0.4, 0.5) is 0 Å². The van der Waals surface area contributed by atoms with Gasteiger partial charge in [0.05, 0.1) is 22.7 Å². The summed E-state index contributed by atoms with van der Waals surface area (Å²) in [7, 11) is 1.61. The van der Waals surface area contributed by atoms with E-state index in [-0.39, 0.29) is 6.61 Å². The van der Waals surface area contributed by atoms with E-state index in [9.17, 15) is 5.11 Å². The van der Waals surface area contributed by atoms with Crippen molar-refractivity contribution in [1.29, 1.82) is 0 Å². The number of rotatable bonds is 5. The van der Waals surface area contributed by atoms with Crippen LogP contribution in [0.25, 0.3) is 0 Å². The lowest BCUT2D eigenvalue weighted by molar-refractivity contribution is 0.278. The summed E-state index contributed by atoms with van der Waals surface area (Å²) in [4.78, 5) is 0. The Bertz CT molecular complexity index is 621. The number of ether oxygens (including phenoxy) is 2. The topological polar surface area (TPSA) is 38.7 Å². The lowest BCUT2D eigenvalue weighted by Gasteiger charge is -2.14. The average molecular weight is 481 g/mol. The smallest absolute Gasteiger partial charge is 0.148 e. The van der Waals surface area contributed by atoms with E-state index in [4.69, 9.17) is 9.47 Å². The highest BCUT2D eigenvalue weighted by molar-refractivity contribution is 9.11. The molecule has 1 N–H and O–H groups in total. The molecule has 6 heteroatoms. The predicted octanol–water partition coefficient (Wildman–Crippen LogP) is 5.05. The zero-order valence-corrected chi connectivity index (χ0v) is 16.0. The molecule has 112 valence electrons. The van der Waals surface area contributed by atoms with Gasteiger partial charge in [0.1, 0.15) is 18.1 Å². The molecule has 0 heterocycles. The first-order valence-corrected chi connectivity index (χ1v) is 8.47. The standard InChI is InChI=1S/C15H13Br3O3/c1-20-14-3-2-9(7-19)4-10(14)8-21-15-12(17)5-11(16)6-13(15)18/h2-6,19H,7-8H2,1H3. The highest BCUT2D eigenvalue weighted by Crippen LogP contribution is 2.37. The van der Waals surface area contributed by atoms with Gasteiger partial charge in [0.2, 0.25) is 0 Å². The molecule has 0 saturated carbocycles. The van der Waals surface area contributed by atoms with Gasteiger partial charge in [-0.1, -0.05) is 22.0 Å². The molecule has 0 spiro atoms. The average Bonchev–Trinajstić information content (AvgIpc) is 2.45. The third-order valence-corrected chi connectivity index (χ3v) is 4.50. The number of hydrogen-bond acceptors (Lipinski definition) is 3. The van der Waals surface area contributed by atoms with Gasteiger partial charge in [-0.25, -0.2) is 0 Å². The van der Waals surface area contributed by atoms with E-state index in [1.807, 2.05) is 30.3 Å². The van der Waals surface area contributed by atoms with E-state index in [0.29, 0.717) is 6.61 Å². The minimum absolute atomic E-state index is 0.0112. The van der Waals surface area contributed by atoms with Gasteiger partial charge in [-0.05, 0) is 61.7 Å². The van der Waals surface area contributed by atoms with Gasteiger partial charge in [-0.15, -0.1) is 0 Å². The summed E-state index contributed by atoms with van der Waals surface area (Å²) in [6.45, 7) is 0.332. The number of aliphatic hydroxyl groups is 1. The van der Waals surface area contributed by atoms with E-state index < -0.39 is 0 Å². The van der Waals surface area contributed by atoms with Crippen LogP contribution < -0.4 is 9.47 Å². The predicted molar refractivity (Wildman–Crippen MR) is 92.8 cm³/mol. The molecule has 0 amide bonds. The number of aliphatic hydroxyl groups excluding tert-OH is 1. The van der Waals surface area contributed by atoms with Crippen molar-refractivity contribution in [2.75, 3.05) is 7.11 Å². The molecule has 0 aliphatic heterocycles. The fourth-order valence-corrected chi connectivity index (χ4v) is 4.35. The van der Waals surface area contributed by atoms with Crippen molar-refractivity contribution in [3.05, 3.63) is 54.9 Å². The Morgan fingerprint density at radius 2 is 1.71 bits per heavy atom. The minimum Gasteiger partial charge on any atom is -0.496 e. The summed E-state index contributed by atoms with van der Waals surface area (Å²) in [6, 6.07) is 9.37. The maximum atomic E-state index is 9.23. The first-order valence-electron chi connectivity index (χ1n) is 6.09. The van der Waals surface area contributed by atoms with Crippen LogP contribution in [0.3, 0.4) is 0 Å². The van der Waals surface area contributed by atoms with E-state index in [0.717, 1.165) is 36.0 Å². The largest absolute Gasteiger partial charge is 0.496 e. The van der Waals surface area contributed by atoms with Gasteiger partial charge >= 0.3 is 0 Å². The fraction of sp³-hybridized carbons (Fsp3) is 0.200.